The Labute approximate surface area is 133 Å². The highest BCUT2D eigenvalue weighted by Crippen LogP contribution is 2.39. The second kappa shape index (κ2) is 5.66. The van der Waals surface area contributed by atoms with Crippen LogP contribution in [-0.2, 0) is 0 Å². The molecule has 0 radical (unpaired) electrons. The summed E-state index contributed by atoms with van der Waals surface area (Å²) < 4.78 is 4.01. The molecule has 3 aromatic heterocycles. The molecular formula is C14H14BrNS3. The van der Waals surface area contributed by atoms with Gasteiger partial charge in [-0.05, 0) is 53.0 Å². The van der Waals surface area contributed by atoms with Gasteiger partial charge in [-0.15, -0.1) is 34.0 Å². The number of halogens is 1. The van der Waals surface area contributed by atoms with Crippen LogP contribution in [0.2, 0.25) is 0 Å². The van der Waals surface area contributed by atoms with Gasteiger partial charge in [0.05, 0.1) is 6.04 Å². The largest absolute Gasteiger partial charge is 0.305 e. The van der Waals surface area contributed by atoms with Crippen molar-refractivity contribution in [3.05, 3.63) is 42.7 Å². The number of fused-ring (bicyclic) bond motifs is 1. The predicted molar refractivity (Wildman–Crippen MR) is 92.0 cm³/mol. The molecule has 0 bridgehead atoms. The summed E-state index contributed by atoms with van der Waals surface area (Å²) in [5, 5.41) is 5.78. The minimum absolute atomic E-state index is 0.324. The first-order valence-electron chi connectivity index (χ1n) is 6.15. The molecule has 0 saturated heterocycles. The van der Waals surface area contributed by atoms with Crippen molar-refractivity contribution in [2.45, 2.75) is 19.9 Å². The van der Waals surface area contributed by atoms with Gasteiger partial charge in [-0.25, -0.2) is 0 Å². The van der Waals surface area contributed by atoms with Crippen LogP contribution in [0.25, 0.3) is 9.40 Å². The lowest BCUT2D eigenvalue weighted by molar-refractivity contribution is 0.649. The first kappa shape index (κ1) is 13.8. The molecule has 1 nitrogen and oxygen atoms in total. The lowest BCUT2D eigenvalue weighted by atomic mass is 10.2. The average Bonchev–Trinajstić information content (AvgIpc) is 3.02. The Morgan fingerprint density at radius 1 is 1.21 bits per heavy atom. The summed E-state index contributed by atoms with van der Waals surface area (Å²) in [7, 11) is 0. The van der Waals surface area contributed by atoms with E-state index in [9.17, 15) is 0 Å². The minimum atomic E-state index is 0.324. The van der Waals surface area contributed by atoms with E-state index < -0.39 is 0 Å². The predicted octanol–water partition coefficient (Wildman–Crippen LogP) is 5.79. The molecule has 0 spiro atoms. The quantitative estimate of drug-likeness (QED) is 0.611. The van der Waals surface area contributed by atoms with Crippen LogP contribution in [0.3, 0.4) is 0 Å². The molecule has 3 heterocycles. The Balaban J connectivity index is 2.02. The highest BCUT2D eigenvalue weighted by Gasteiger charge is 2.19. The van der Waals surface area contributed by atoms with Gasteiger partial charge in [0.25, 0.3) is 0 Å². The van der Waals surface area contributed by atoms with Gasteiger partial charge in [0.2, 0.25) is 0 Å². The summed E-state index contributed by atoms with van der Waals surface area (Å²) in [6.45, 7) is 5.30. The number of thiophene rings is 3. The molecule has 3 rings (SSSR count). The van der Waals surface area contributed by atoms with Crippen LogP contribution in [0.15, 0.2) is 28.1 Å². The third-order valence-electron chi connectivity index (χ3n) is 3.01. The molecule has 5 heteroatoms. The van der Waals surface area contributed by atoms with Crippen LogP contribution in [0.5, 0.6) is 0 Å². The van der Waals surface area contributed by atoms with Gasteiger partial charge in [-0.1, -0.05) is 6.92 Å². The van der Waals surface area contributed by atoms with Crippen LogP contribution in [0.4, 0.5) is 0 Å². The van der Waals surface area contributed by atoms with E-state index >= 15 is 0 Å². The van der Waals surface area contributed by atoms with Crippen molar-refractivity contribution in [2.75, 3.05) is 6.54 Å². The van der Waals surface area contributed by atoms with Gasteiger partial charge in [0.1, 0.15) is 0 Å². The van der Waals surface area contributed by atoms with Crippen LogP contribution < -0.4 is 5.32 Å². The fourth-order valence-corrected chi connectivity index (χ4v) is 6.04. The molecule has 19 heavy (non-hydrogen) atoms. The highest BCUT2D eigenvalue weighted by molar-refractivity contribution is 9.10. The van der Waals surface area contributed by atoms with Crippen LogP contribution >= 0.6 is 49.9 Å². The van der Waals surface area contributed by atoms with Gasteiger partial charge in [0, 0.05) is 28.5 Å². The van der Waals surface area contributed by atoms with Crippen molar-refractivity contribution in [3.63, 3.8) is 0 Å². The smallest absolute Gasteiger partial charge is 0.0766 e. The molecule has 1 N–H and O–H groups in total. The third-order valence-corrected chi connectivity index (χ3v) is 7.37. The summed E-state index contributed by atoms with van der Waals surface area (Å²) in [6.07, 6.45) is 0. The van der Waals surface area contributed by atoms with Gasteiger partial charge in [-0.2, -0.15) is 0 Å². The van der Waals surface area contributed by atoms with E-state index in [-0.39, 0.29) is 0 Å². The van der Waals surface area contributed by atoms with E-state index in [0.717, 1.165) is 6.54 Å². The van der Waals surface area contributed by atoms with Crippen molar-refractivity contribution in [1.29, 1.82) is 0 Å². The van der Waals surface area contributed by atoms with Crippen molar-refractivity contribution < 1.29 is 0 Å². The van der Waals surface area contributed by atoms with E-state index in [1.807, 2.05) is 34.0 Å². The Bertz CT molecular complexity index is 646. The maximum atomic E-state index is 3.62. The van der Waals surface area contributed by atoms with Gasteiger partial charge >= 0.3 is 0 Å². The summed E-state index contributed by atoms with van der Waals surface area (Å²) in [4.78, 5) is 4.15. The van der Waals surface area contributed by atoms with Gasteiger partial charge < -0.3 is 5.32 Å². The number of hydrogen-bond donors (Lipinski definition) is 1. The number of hydrogen-bond acceptors (Lipinski definition) is 4. The van der Waals surface area contributed by atoms with Gasteiger partial charge in [-0.3, -0.25) is 0 Å². The van der Waals surface area contributed by atoms with Crippen molar-refractivity contribution in [2.24, 2.45) is 0 Å². The Hall–Kier alpha value is -0.200. The fraction of sp³-hybridized carbons (Fsp3) is 0.286. The fourth-order valence-electron chi connectivity index (χ4n) is 2.10. The molecule has 0 aliphatic heterocycles. The summed E-state index contributed by atoms with van der Waals surface area (Å²) >= 11 is 9.22. The molecule has 0 saturated carbocycles. The first-order chi connectivity index (χ1) is 9.19. The monoisotopic (exact) mass is 371 g/mol. The lowest BCUT2D eigenvalue weighted by Crippen LogP contribution is -2.20. The molecule has 1 unspecified atom stereocenters. The van der Waals surface area contributed by atoms with E-state index in [1.165, 1.54) is 28.5 Å². The average molecular weight is 372 g/mol. The molecule has 100 valence electrons. The second-order valence-electron chi connectivity index (χ2n) is 4.34. The highest BCUT2D eigenvalue weighted by atomic mass is 79.9. The van der Waals surface area contributed by atoms with E-state index in [2.05, 4.69) is 58.7 Å². The van der Waals surface area contributed by atoms with E-state index in [0.29, 0.717) is 6.04 Å². The second-order valence-corrected chi connectivity index (χ2v) is 8.55. The zero-order valence-corrected chi connectivity index (χ0v) is 14.7. The standard InChI is InChI=1S/C14H14BrNS3/c1-3-16-14(12-6-9(15)8(2)18-12)13-7-11-10(19-13)4-5-17-11/h4-7,14,16H,3H2,1-2H3. The Kier molecular flexibility index (Phi) is 4.10. The molecule has 1 atom stereocenters. The first-order valence-corrected chi connectivity index (χ1v) is 9.45. The maximum absolute atomic E-state index is 3.62. The topological polar surface area (TPSA) is 12.0 Å². The molecule has 0 aliphatic rings. The van der Waals surface area contributed by atoms with Crippen LogP contribution in [0.1, 0.15) is 27.6 Å². The molecular weight excluding hydrogens is 358 g/mol. The summed E-state index contributed by atoms with van der Waals surface area (Å²) in [5.41, 5.74) is 0. The number of rotatable bonds is 4. The zero-order chi connectivity index (χ0) is 13.4. The SMILES string of the molecule is CCNC(c1cc(Br)c(C)s1)c1cc2sccc2s1. The molecule has 0 fully saturated rings. The maximum Gasteiger partial charge on any atom is 0.0766 e. The van der Waals surface area contributed by atoms with Crippen molar-refractivity contribution >= 4 is 59.3 Å². The van der Waals surface area contributed by atoms with Crippen LogP contribution in [-0.4, -0.2) is 6.54 Å². The number of nitrogens with one attached hydrogen (secondary N) is 1. The minimum Gasteiger partial charge on any atom is -0.305 e. The normalized spacial score (nSPS) is 13.2. The lowest BCUT2D eigenvalue weighted by Gasteiger charge is -2.14. The van der Waals surface area contributed by atoms with Crippen LogP contribution in [0, 0.1) is 6.92 Å². The molecule has 0 aliphatic carbocycles. The summed E-state index contributed by atoms with van der Waals surface area (Å²) in [5.74, 6) is 0. The Morgan fingerprint density at radius 3 is 2.63 bits per heavy atom. The molecule has 0 amide bonds. The van der Waals surface area contributed by atoms with E-state index in [1.54, 1.807) is 0 Å². The third kappa shape index (κ3) is 2.67. The van der Waals surface area contributed by atoms with E-state index in [4.69, 9.17) is 0 Å². The van der Waals surface area contributed by atoms with Crippen molar-refractivity contribution in [1.82, 2.24) is 5.32 Å². The summed E-state index contributed by atoms with van der Waals surface area (Å²) in [6, 6.07) is 7.12. The molecule has 3 aromatic rings. The zero-order valence-electron chi connectivity index (χ0n) is 10.7. The van der Waals surface area contributed by atoms with Crippen molar-refractivity contribution in [3.8, 4) is 0 Å². The molecule has 0 aromatic carbocycles. The van der Waals surface area contributed by atoms with Gasteiger partial charge in [0.15, 0.2) is 0 Å². The Morgan fingerprint density at radius 2 is 2.00 bits per heavy atom. The number of aryl methyl sites for hydroxylation is 1.